The smallest absolute Gasteiger partial charge is 0.242 e. The van der Waals surface area contributed by atoms with Gasteiger partial charge in [-0.25, -0.2) is 4.99 Å². The molecule has 0 N–H and O–H groups in total. The fourth-order valence-electron chi connectivity index (χ4n) is 4.05. The van der Waals surface area contributed by atoms with Gasteiger partial charge in [-0.3, -0.25) is 9.69 Å². The molecule has 2 unspecified atom stereocenters. The van der Waals surface area contributed by atoms with Gasteiger partial charge in [0.05, 0.1) is 17.0 Å². The number of thioether (sulfide) groups is 1. The van der Waals surface area contributed by atoms with Gasteiger partial charge in [0.2, 0.25) is 5.91 Å². The molecule has 2 aromatic carbocycles. The summed E-state index contributed by atoms with van der Waals surface area (Å²) in [6.07, 6.45) is 1.90. The van der Waals surface area contributed by atoms with Gasteiger partial charge in [-0.2, -0.15) is 0 Å². The Morgan fingerprint density at radius 3 is 2.69 bits per heavy atom. The first-order valence-corrected chi connectivity index (χ1v) is 10.0. The van der Waals surface area contributed by atoms with Crippen LogP contribution in [0.25, 0.3) is 5.70 Å². The monoisotopic (exact) mass is 380 g/mol. The van der Waals surface area contributed by atoms with Crippen LogP contribution in [0.2, 0.25) is 5.02 Å². The highest BCUT2D eigenvalue weighted by atomic mass is 35.5. The normalized spacial score (nSPS) is 24.2. The summed E-state index contributed by atoms with van der Waals surface area (Å²) < 4.78 is 0. The average Bonchev–Trinajstić information content (AvgIpc) is 2.94. The minimum atomic E-state index is -0.0971. The van der Waals surface area contributed by atoms with Gasteiger partial charge in [-0.15, -0.1) is 0 Å². The van der Waals surface area contributed by atoms with Crippen LogP contribution in [0.5, 0.6) is 0 Å². The summed E-state index contributed by atoms with van der Waals surface area (Å²) in [5.74, 6) is 0.138. The number of carbonyl (C=O) groups excluding carboxylic acids is 1. The first-order valence-electron chi connectivity index (χ1n) is 8.78. The van der Waals surface area contributed by atoms with Gasteiger partial charge in [0.25, 0.3) is 0 Å². The van der Waals surface area contributed by atoms with Gasteiger partial charge in [-0.05, 0) is 48.6 Å². The fourth-order valence-corrected chi connectivity index (χ4v) is 5.16. The molecule has 0 aromatic heterocycles. The predicted octanol–water partition coefficient (Wildman–Crippen LogP) is 5.07. The lowest BCUT2D eigenvalue weighted by atomic mass is 9.82. The zero-order valence-electron chi connectivity index (χ0n) is 14.3. The molecule has 2 atom stereocenters. The van der Waals surface area contributed by atoms with E-state index in [0.717, 1.165) is 29.3 Å². The summed E-state index contributed by atoms with van der Waals surface area (Å²) in [5, 5.41) is 1.43. The van der Waals surface area contributed by atoms with E-state index in [0.29, 0.717) is 5.02 Å². The lowest BCUT2D eigenvalue weighted by Gasteiger charge is -2.37. The summed E-state index contributed by atoms with van der Waals surface area (Å²) in [6, 6.07) is 16.2. The summed E-state index contributed by atoms with van der Waals surface area (Å²) >= 11 is 7.65. The van der Waals surface area contributed by atoms with Crippen LogP contribution in [-0.4, -0.2) is 21.2 Å². The molecule has 5 heteroatoms. The quantitative estimate of drug-likeness (QED) is 0.691. The molecule has 3 nitrogen and oxygen atoms in total. The molecule has 1 aliphatic carbocycles. The highest BCUT2D eigenvalue weighted by Gasteiger charge is 2.45. The number of rotatable bonds is 1. The molecule has 1 saturated heterocycles. The Balaban J connectivity index is 1.73. The van der Waals surface area contributed by atoms with Gasteiger partial charge in [0.1, 0.15) is 0 Å². The van der Waals surface area contributed by atoms with Crippen molar-refractivity contribution in [3.05, 3.63) is 75.8 Å². The van der Waals surface area contributed by atoms with Gasteiger partial charge >= 0.3 is 0 Å². The third kappa shape index (κ3) is 2.36. The number of benzene rings is 2. The number of carbonyl (C=O) groups is 1. The second-order valence-electron chi connectivity index (χ2n) is 6.85. The number of halogens is 1. The van der Waals surface area contributed by atoms with Crippen molar-refractivity contribution in [3.8, 4) is 0 Å². The number of fused-ring (bicyclic) bond motifs is 3. The van der Waals surface area contributed by atoms with Crippen molar-refractivity contribution in [2.75, 3.05) is 0 Å². The number of amides is 1. The average molecular weight is 381 g/mol. The first kappa shape index (κ1) is 16.2. The van der Waals surface area contributed by atoms with Gasteiger partial charge < -0.3 is 0 Å². The van der Waals surface area contributed by atoms with E-state index >= 15 is 0 Å². The Morgan fingerprint density at radius 2 is 1.88 bits per heavy atom. The van der Waals surface area contributed by atoms with E-state index in [1.165, 1.54) is 16.7 Å². The zero-order chi connectivity index (χ0) is 17.8. The molecule has 0 spiro atoms. The Labute approximate surface area is 161 Å². The molecule has 130 valence electrons. The molecular weight excluding hydrogens is 364 g/mol. The number of aryl methyl sites for hydroxylation is 1. The minimum Gasteiger partial charge on any atom is -0.279 e. The second kappa shape index (κ2) is 6.00. The molecule has 26 heavy (non-hydrogen) atoms. The lowest BCUT2D eigenvalue weighted by molar-refractivity contribution is -0.127. The molecule has 1 amide bonds. The van der Waals surface area contributed by atoms with E-state index in [9.17, 15) is 4.79 Å². The Bertz CT molecular complexity index is 980. The van der Waals surface area contributed by atoms with Crippen LogP contribution >= 0.6 is 23.4 Å². The molecule has 3 aliphatic rings. The molecule has 5 rings (SSSR count). The van der Waals surface area contributed by atoms with Crippen molar-refractivity contribution in [2.45, 2.75) is 31.1 Å². The van der Waals surface area contributed by atoms with E-state index in [-0.39, 0.29) is 17.2 Å². The van der Waals surface area contributed by atoms with E-state index in [1.54, 1.807) is 11.8 Å². The third-order valence-electron chi connectivity index (χ3n) is 5.30. The van der Waals surface area contributed by atoms with Crippen molar-refractivity contribution >= 4 is 40.1 Å². The van der Waals surface area contributed by atoms with Gasteiger partial charge in [0.15, 0.2) is 5.17 Å². The standard InChI is InChI=1S/C21H17ClN2OS/c1-12-20(25)24-19(14-6-9-15(22)10-7-14)17-11-8-13-4-2-3-5-16(13)18(17)23-21(24)26-12/h2-7,9-10,12,19H,8,11H2,1H3. The number of hydrogen-bond acceptors (Lipinski definition) is 3. The fraction of sp³-hybridized carbons (Fsp3) is 0.238. The van der Waals surface area contributed by atoms with E-state index in [1.807, 2.05) is 36.1 Å². The van der Waals surface area contributed by atoms with Crippen LogP contribution < -0.4 is 0 Å². The maximum absolute atomic E-state index is 12.9. The topological polar surface area (TPSA) is 32.7 Å². The molecule has 2 heterocycles. The second-order valence-corrected chi connectivity index (χ2v) is 8.59. The van der Waals surface area contributed by atoms with Crippen LogP contribution in [0.1, 0.15) is 36.1 Å². The number of hydrogen-bond donors (Lipinski definition) is 0. The summed E-state index contributed by atoms with van der Waals surface area (Å²) in [7, 11) is 0. The van der Waals surface area contributed by atoms with E-state index in [4.69, 9.17) is 16.6 Å². The highest BCUT2D eigenvalue weighted by Crippen LogP contribution is 2.48. The molecule has 2 aliphatic heterocycles. The molecule has 1 fully saturated rings. The maximum Gasteiger partial charge on any atom is 0.242 e. The van der Waals surface area contributed by atoms with Crippen molar-refractivity contribution < 1.29 is 4.79 Å². The van der Waals surface area contributed by atoms with Crippen LogP contribution in [0.15, 0.2) is 59.1 Å². The lowest BCUT2D eigenvalue weighted by Crippen LogP contribution is -2.39. The van der Waals surface area contributed by atoms with Crippen LogP contribution in [-0.2, 0) is 11.2 Å². The van der Waals surface area contributed by atoms with Crippen molar-refractivity contribution in [1.29, 1.82) is 0 Å². The highest BCUT2D eigenvalue weighted by molar-refractivity contribution is 8.15. The first-order chi connectivity index (χ1) is 12.6. The number of aliphatic imine (C=N–C) groups is 1. The van der Waals surface area contributed by atoms with Crippen LogP contribution in [0, 0.1) is 0 Å². The largest absolute Gasteiger partial charge is 0.279 e. The van der Waals surface area contributed by atoms with Gasteiger partial charge in [0, 0.05) is 10.6 Å². The predicted molar refractivity (Wildman–Crippen MR) is 107 cm³/mol. The molecule has 2 aromatic rings. The minimum absolute atomic E-state index is 0.0897. The Kier molecular flexibility index (Phi) is 3.73. The van der Waals surface area contributed by atoms with Crippen molar-refractivity contribution in [3.63, 3.8) is 0 Å². The molecule has 0 radical (unpaired) electrons. The van der Waals surface area contributed by atoms with Crippen molar-refractivity contribution in [2.24, 2.45) is 4.99 Å². The summed E-state index contributed by atoms with van der Waals surface area (Å²) in [5.41, 5.74) is 5.91. The summed E-state index contributed by atoms with van der Waals surface area (Å²) in [4.78, 5) is 19.7. The molecule has 0 bridgehead atoms. The maximum atomic E-state index is 12.9. The van der Waals surface area contributed by atoms with E-state index in [2.05, 4.69) is 24.3 Å². The van der Waals surface area contributed by atoms with Crippen molar-refractivity contribution in [1.82, 2.24) is 4.90 Å². The Morgan fingerprint density at radius 1 is 1.12 bits per heavy atom. The molecule has 0 saturated carbocycles. The van der Waals surface area contributed by atoms with Crippen LogP contribution in [0.4, 0.5) is 0 Å². The number of amidine groups is 1. The SMILES string of the molecule is CC1SC2=NC3=C(CCc4ccccc43)C(c3ccc(Cl)cc3)N2C1=O. The molecular formula is C21H17ClN2OS. The van der Waals surface area contributed by atoms with E-state index < -0.39 is 0 Å². The number of nitrogens with zero attached hydrogens (tertiary/aromatic N) is 2. The van der Waals surface area contributed by atoms with Crippen LogP contribution in [0.3, 0.4) is 0 Å². The van der Waals surface area contributed by atoms with Gasteiger partial charge in [-0.1, -0.05) is 59.8 Å². The Hall–Kier alpha value is -2.04. The summed E-state index contributed by atoms with van der Waals surface area (Å²) in [6.45, 7) is 1.96. The third-order valence-corrected chi connectivity index (χ3v) is 6.60. The zero-order valence-corrected chi connectivity index (χ0v) is 15.8.